The molecule has 0 heterocycles. The van der Waals surface area contributed by atoms with Crippen molar-refractivity contribution < 1.29 is 35.5 Å². The molecule has 0 saturated heterocycles. The lowest BCUT2D eigenvalue weighted by Crippen LogP contribution is -2.46. The molecule has 150 valence electrons. The van der Waals surface area contributed by atoms with Gasteiger partial charge in [0, 0.05) is 12.0 Å². The van der Waals surface area contributed by atoms with E-state index in [4.69, 9.17) is 0 Å². The first-order valence-electron chi connectivity index (χ1n) is 8.32. The molecule has 2 aromatic rings. The summed E-state index contributed by atoms with van der Waals surface area (Å²) in [5, 5.41) is 2.44. The van der Waals surface area contributed by atoms with Crippen molar-refractivity contribution in [3.8, 4) is 0 Å². The average Bonchev–Trinajstić information content (AvgIpc) is 2.58. The van der Waals surface area contributed by atoms with Gasteiger partial charge in [0.05, 0.1) is 16.7 Å². The van der Waals surface area contributed by atoms with E-state index in [2.05, 4.69) is 5.32 Å². The smallest absolute Gasteiger partial charge is 0.349 e. The number of carbonyl (C=O) groups is 1. The topological polar surface area (TPSA) is 29.1 Å². The molecule has 1 amide bonds. The lowest BCUT2D eigenvalue weighted by Gasteiger charge is -2.38. The van der Waals surface area contributed by atoms with E-state index in [9.17, 15) is 35.5 Å². The Bertz CT molecular complexity index is 889. The number of rotatable bonds is 3. The highest BCUT2D eigenvalue weighted by atomic mass is 19.4. The molecule has 0 spiro atoms. The van der Waals surface area contributed by atoms with Crippen LogP contribution in [0.25, 0.3) is 0 Å². The maximum absolute atomic E-state index is 14.1. The number of hydrogen-bond acceptors (Lipinski definition) is 1. The Morgan fingerprint density at radius 2 is 1.61 bits per heavy atom. The Balaban J connectivity index is 1.78. The summed E-state index contributed by atoms with van der Waals surface area (Å²) in [5.41, 5.74) is -2.79. The summed E-state index contributed by atoms with van der Waals surface area (Å²) >= 11 is 0. The molecule has 0 aromatic heterocycles. The highest BCUT2D eigenvalue weighted by Gasteiger charge is 2.39. The van der Waals surface area contributed by atoms with Gasteiger partial charge in [-0.3, -0.25) is 4.79 Å². The first kappa shape index (κ1) is 20.2. The fourth-order valence-electron chi connectivity index (χ4n) is 3.22. The largest absolute Gasteiger partial charge is 0.417 e. The van der Waals surface area contributed by atoms with Gasteiger partial charge >= 0.3 is 12.4 Å². The number of hydrogen-bond donors (Lipinski definition) is 1. The van der Waals surface area contributed by atoms with E-state index < -0.39 is 52.7 Å². The summed E-state index contributed by atoms with van der Waals surface area (Å²) in [6.45, 7) is 0. The Hall–Kier alpha value is -2.58. The molecule has 28 heavy (non-hydrogen) atoms. The van der Waals surface area contributed by atoms with Crippen LogP contribution in [0.15, 0.2) is 42.5 Å². The fourth-order valence-corrected chi connectivity index (χ4v) is 3.22. The van der Waals surface area contributed by atoms with E-state index >= 15 is 0 Å². The molecule has 1 fully saturated rings. The lowest BCUT2D eigenvalue weighted by atomic mass is 9.74. The third kappa shape index (κ3) is 3.98. The van der Waals surface area contributed by atoms with Crippen LogP contribution >= 0.6 is 0 Å². The second kappa shape index (κ2) is 7.10. The monoisotopic (exact) mass is 405 g/mol. The number of alkyl halides is 6. The molecular weight excluding hydrogens is 391 g/mol. The summed E-state index contributed by atoms with van der Waals surface area (Å²) in [6.07, 6.45) is -8.63. The van der Waals surface area contributed by atoms with Crippen LogP contribution in [0.1, 0.15) is 45.8 Å². The van der Waals surface area contributed by atoms with Crippen molar-refractivity contribution in [3.05, 3.63) is 70.5 Å². The predicted molar refractivity (Wildman–Crippen MR) is 86.1 cm³/mol. The molecule has 0 radical (unpaired) electrons. The van der Waals surface area contributed by atoms with Crippen molar-refractivity contribution in [2.24, 2.45) is 0 Å². The normalized spacial score (nSPS) is 19.8. The average molecular weight is 405 g/mol. The van der Waals surface area contributed by atoms with Crippen LogP contribution in [0.4, 0.5) is 30.7 Å². The van der Waals surface area contributed by atoms with E-state index in [1.54, 1.807) is 0 Å². The lowest BCUT2D eigenvalue weighted by molar-refractivity contribution is -0.138. The van der Waals surface area contributed by atoms with Gasteiger partial charge in [-0.1, -0.05) is 18.2 Å². The first-order valence-corrected chi connectivity index (χ1v) is 8.32. The summed E-state index contributed by atoms with van der Waals surface area (Å²) in [5.74, 6) is -2.63. The quantitative estimate of drug-likeness (QED) is 0.668. The van der Waals surface area contributed by atoms with Gasteiger partial charge in [0.15, 0.2) is 0 Å². The highest BCUT2D eigenvalue weighted by Crippen LogP contribution is 2.40. The van der Waals surface area contributed by atoms with Gasteiger partial charge in [0.1, 0.15) is 5.82 Å². The fraction of sp³-hybridized carbons (Fsp3) is 0.316. The zero-order valence-electron chi connectivity index (χ0n) is 14.2. The standard InChI is InChI=1S/C19H14F7NO/c20-15-9-10(18(21,22)23)5-6-11(15)12-7-8-16(12)27-17(28)13-3-1-2-4-14(13)19(24,25)26/h1-6,9,12,16H,7-8H2,(H,27,28)/t12-,16-/m1/s1. The van der Waals surface area contributed by atoms with Crippen LogP contribution in [0, 0.1) is 5.82 Å². The Kier molecular flexibility index (Phi) is 5.12. The minimum Gasteiger partial charge on any atom is -0.349 e. The van der Waals surface area contributed by atoms with E-state index in [1.165, 1.54) is 6.07 Å². The van der Waals surface area contributed by atoms with E-state index in [-0.39, 0.29) is 5.56 Å². The highest BCUT2D eigenvalue weighted by molar-refractivity contribution is 5.96. The molecule has 0 bridgehead atoms. The first-order chi connectivity index (χ1) is 13.0. The summed E-state index contributed by atoms with van der Waals surface area (Å²) < 4.78 is 91.2. The zero-order chi connectivity index (χ0) is 20.7. The van der Waals surface area contributed by atoms with Crippen molar-refractivity contribution in [2.75, 3.05) is 0 Å². The van der Waals surface area contributed by atoms with Crippen molar-refractivity contribution in [1.82, 2.24) is 5.32 Å². The number of benzene rings is 2. The van der Waals surface area contributed by atoms with Gasteiger partial charge in [0.2, 0.25) is 0 Å². The van der Waals surface area contributed by atoms with Crippen LogP contribution < -0.4 is 5.32 Å². The number of amides is 1. The van der Waals surface area contributed by atoms with Gasteiger partial charge in [-0.05, 0) is 42.7 Å². The summed E-state index contributed by atoms with van der Waals surface area (Å²) in [4.78, 5) is 12.3. The molecule has 1 N–H and O–H groups in total. The molecule has 2 nitrogen and oxygen atoms in total. The van der Waals surface area contributed by atoms with Crippen LogP contribution in [0.3, 0.4) is 0 Å². The van der Waals surface area contributed by atoms with Crippen LogP contribution in [0.5, 0.6) is 0 Å². The van der Waals surface area contributed by atoms with E-state index in [0.717, 1.165) is 30.3 Å². The Labute approximate surface area is 155 Å². The summed E-state index contributed by atoms with van der Waals surface area (Å²) in [7, 11) is 0. The SMILES string of the molecule is O=C(N[C@@H]1CC[C@@H]1c1ccc(C(F)(F)F)cc1F)c1ccccc1C(F)(F)F. The summed E-state index contributed by atoms with van der Waals surface area (Å²) in [6, 6.07) is 5.72. The molecule has 3 rings (SSSR count). The minimum absolute atomic E-state index is 0.00587. The molecular formula is C19H14F7NO. The van der Waals surface area contributed by atoms with Gasteiger partial charge in [-0.2, -0.15) is 26.3 Å². The second-order valence-electron chi connectivity index (χ2n) is 6.54. The van der Waals surface area contributed by atoms with Crippen molar-refractivity contribution >= 4 is 5.91 Å². The van der Waals surface area contributed by atoms with Crippen molar-refractivity contribution in [1.29, 1.82) is 0 Å². The Morgan fingerprint density at radius 1 is 0.929 bits per heavy atom. The number of nitrogens with one attached hydrogen (secondary N) is 1. The van der Waals surface area contributed by atoms with Gasteiger partial charge in [-0.25, -0.2) is 4.39 Å². The maximum atomic E-state index is 14.1. The van der Waals surface area contributed by atoms with Crippen molar-refractivity contribution in [3.63, 3.8) is 0 Å². The molecule has 1 aliphatic carbocycles. The molecule has 0 aliphatic heterocycles. The molecule has 0 unspecified atom stereocenters. The third-order valence-electron chi connectivity index (χ3n) is 4.80. The molecule has 2 aromatic carbocycles. The predicted octanol–water partition coefficient (Wildman–Crippen LogP) is 5.54. The van der Waals surface area contributed by atoms with Gasteiger partial charge in [-0.15, -0.1) is 0 Å². The van der Waals surface area contributed by atoms with Crippen molar-refractivity contribution in [2.45, 2.75) is 37.2 Å². The molecule has 9 heteroatoms. The van der Waals surface area contributed by atoms with Crippen LogP contribution in [0.2, 0.25) is 0 Å². The molecule has 1 saturated carbocycles. The minimum atomic E-state index is -4.72. The second-order valence-corrected chi connectivity index (χ2v) is 6.54. The maximum Gasteiger partial charge on any atom is 0.417 e. The van der Waals surface area contributed by atoms with Gasteiger partial charge in [0.25, 0.3) is 5.91 Å². The number of carbonyl (C=O) groups excluding carboxylic acids is 1. The molecule has 2 atom stereocenters. The number of halogens is 7. The third-order valence-corrected chi connectivity index (χ3v) is 4.80. The zero-order valence-corrected chi connectivity index (χ0v) is 14.2. The van der Waals surface area contributed by atoms with E-state index in [0.29, 0.717) is 18.9 Å². The van der Waals surface area contributed by atoms with Crippen LogP contribution in [-0.4, -0.2) is 11.9 Å². The Morgan fingerprint density at radius 3 is 2.14 bits per heavy atom. The van der Waals surface area contributed by atoms with Crippen LogP contribution in [-0.2, 0) is 12.4 Å². The molecule has 1 aliphatic rings. The van der Waals surface area contributed by atoms with Gasteiger partial charge < -0.3 is 5.32 Å². The van der Waals surface area contributed by atoms with E-state index in [1.807, 2.05) is 0 Å².